The Kier molecular flexibility index (Phi) is 5.13. The summed E-state index contributed by atoms with van der Waals surface area (Å²) in [5, 5.41) is 10.9. The van der Waals surface area contributed by atoms with Crippen molar-refractivity contribution in [2.75, 3.05) is 0 Å². The third kappa shape index (κ3) is 3.39. The molecule has 5 heteroatoms. The molecule has 2 N–H and O–H groups in total. The molecule has 64 valence electrons. The van der Waals surface area contributed by atoms with Gasteiger partial charge in [0.25, 0.3) is 0 Å². The van der Waals surface area contributed by atoms with Gasteiger partial charge in [-0.1, -0.05) is 0 Å². The van der Waals surface area contributed by atoms with Crippen LogP contribution in [-0.4, -0.2) is 21.5 Å². The van der Waals surface area contributed by atoms with Crippen LogP contribution in [0.2, 0.25) is 0 Å². The number of nitrogens with one attached hydrogen (secondary N) is 1. The SMILES string of the molecule is C=C/C=C(/C(=O)O)[C](=[W])NC=O. The summed E-state index contributed by atoms with van der Waals surface area (Å²) in [5.41, 5.74) is 0.0621. The maximum atomic E-state index is 10.5. The van der Waals surface area contributed by atoms with Gasteiger partial charge in [-0.25, -0.2) is 0 Å². The van der Waals surface area contributed by atoms with Crippen molar-refractivity contribution in [2.45, 2.75) is 0 Å². The fraction of sp³-hybridized carbons (Fsp3) is 0. The Morgan fingerprint density at radius 1 is 1.58 bits per heavy atom. The molecule has 0 aliphatic heterocycles. The van der Waals surface area contributed by atoms with Crippen LogP contribution in [0.4, 0.5) is 0 Å². The summed E-state index contributed by atoms with van der Waals surface area (Å²) in [6.07, 6.45) is 3.14. The molecule has 0 bridgehead atoms. The summed E-state index contributed by atoms with van der Waals surface area (Å²) in [6.45, 7) is 3.37. The molecule has 0 aromatic heterocycles. The number of rotatable bonds is 5. The third-order valence-electron chi connectivity index (χ3n) is 0.950. The minimum absolute atomic E-state index is 0.0621. The van der Waals surface area contributed by atoms with Gasteiger partial charge >= 0.3 is 80.1 Å². The number of hydrogen-bond acceptors (Lipinski definition) is 2. The van der Waals surface area contributed by atoms with Gasteiger partial charge in [0.1, 0.15) is 0 Å². The fourth-order valence-corrected chi connectivity index (χ4v) is 1.22. The van der Waals surface area contributed by atoms with E-state index in [9.17, 15) is 9.59 Å². The maximum absolute atomic E-state index is 10.5. The Morgan fingerprint density at radius 2 is 2.17 bits per heavy atom. The number of aliphatic carboxylic acids is 1. The van der Waals surface area contributed by atoms with Crippen molar-refractivity contribution in [3.8, 4) is 0 Å². The molecule has 1 amide bonds. The number of carbonyl (C=O) groups excluding carboxylic acids is 1. The first kappa shape index (κ1) is 11.0. The van der Waals surface area contributed by atoms with Crippen molar-refractivity contribution >= 4 is 16.4 Å². The fourth-order valence-electron chi connectivity index (χ4n) is 0.493. The Morgan fingerprint density at radius 3 is 2.50 bits per heavy atom. The van der Waals surface area contributed by atoms with E-state index in [1.807, 2.05) is 0 Å². The summed E-state index contributed by atoms with van der Waals surface area (Å²) >= 11 is 0.882. The number of amides is 1. The van der Waals surface area contributed by atoms with Crippen molar-refractivity contribution in [3.63, 3.8) is 0 Å². The first-order chi connectivity index (χ1) is 5.63. The Labute approximate surface area is 80.4 Å². The predicted molar refractivity (Wildman–Crippen MR) is 40.1 cm³/mol. The van der Waals surface area contributed by atoms with Crippen LogP contribution in [0.3, 0.4) is 0 Å². The molecule has 0 unspecified atom stereocenters. The van der Waals surface area contributed by atoms with Gasteiger partial charge < -0.3 is 0 Å². The predicted octanol–water partition coefficient (Wildman–Crippen LogP) is -0.394. The second kappa shape index (κ2) is 5.61. The second-order valence-electron chi connectivity index (χ2n) is 1.71. The monoisotopic (exact) mass is 337 g/mol. The van der Waals surface area contributed by atoms with Gasteiger partial charge in [0.2, 0.25) is 0 Å². The van der Waals surface area contributed by atoms with Gasteiger partial charge in [-0.05, 0) is 0 Å². The molecular formula is C7H7NO3W. The van der Waals surface area contributed by atoms with E-state index in [4.69, 9.17) is 5.11 Å². The Hall–Kier alpha value is -1.02. The number of carboxylic acid groups (broad SMARTS) is 1. The number of carbonyl (C=O) groups is 2. The molecule has 0 saturated heterocycles. The van der Waals surface area contributed by atoms with Crippen molar-refractivity contribution in [1.29, 1.82) is 0 Å². The topological polar surface area (TPSA) is 66.4 Å². The van der Waals surface area contributed by atoms with E-state index in [-0.39, 0.29) is 5.57 Å². The molecule has 0 aromatic carbocycles. The second-order valence-corrected chi connectivity index (χ2v) is 3.18. The van der Waals surface area contributed by atoms with E-state index < -0.39 is 5.97 Å². The zero-order chi connectivity index (χ0) is 9.56. The van der Waals surface area contributed by atoms with Gasteiger partial charge in [-0.3, -0.25) is 0 Å². The van der Waals surface area contributed by atoms with E-state index >= 15 is 0 Å². The zero-order valence-corrected chi connectivity index (χ0v) is 9.04. The molecular weight excluding hydrogens is 330 g/mol. The molecule has 0 aliphatic rings. The summed E-state index contributed by atoms with van der Waals surface area (Å²) in [4.78, 5) is 20.5. The van der Waals surface area contributed by atoms with Crippen LogP contribution in [0.5, 0.6) is 0 Å². The van der Waals surface area contributed by atoms with Crippen LogP contribution >= 0.6 is 0 Å². The van der Waals surface area contributed by atoms with Crippen molar-refractivity contribution in [1.82, 2.24) is 5.32 Å². The van der Waals surface area contributed by atoms with Crippen LogP contribution in [0.25, 0.3) is 0 Å². The van der Waals surface area contributed by atoms with Crippen LogP contribution in [0.15, 0.2) is 24.3 Å². The van der Waals surface area contributed by atoms with E-state index in [0.717, 1.165) is 19.4 Å². The van der Waals surface area contributed by atoms with E-state index in [2.05, 4.69) is 11.9 Å². The van der Waals surface area contributed by atoms with Gasteiger partial charge in [0, 0.05) is 0 Å². The molecule has 4 nitrogen and oxygen atoms in total. The number of carboxylic acids is 1. The average molecular weight is 337 g/mol. The average Bonchev–Trinajstić information content (AvgIpc) is 1.99. The van der Waals surface area contributed by atoms with E-state index in [1.54, 1.807) is 0 Å². The van der Waals surface area contributed by atoms with Crippen LogP contribution in [-0.2, 0) is 28.9 Å². The Bertz CT molecular complexity index is 257. The minimum atomic E-state index is -1.07. The molecule has 0 fully saturated rings. The molecule has 12 heavy (non-hydrogen) atoms. The summed E-state index contributed by atoms with van der Waals surface area (Å²) in [6, 6.07) is 0. The van der Waals surface area contributed by atoms with Gasteiger partial charge in [-0.15, -0.1) is 0 Å². The summed E-state index contributed by atoms with van der Waals surface area (Å²) < 4.78 is 0.373. The van der Waals surface area contributed by atoms with E-state index in [1.165, 1.54) is 12.2 Å². The first-order valence-electron chi connectivity index (χ1n) is 2.94. The van der Waals surface area contributed by atoms with Crippen molar-refractivity contribution in [2.24, 2.45) is 0 Å². The molecule has 0 aromatic rings. The molecule has 0 heterocycles. The van der Waals surface area contributed by atoms with Crippen molar-refractivity contribution in [3.05, 3.63) is 24.3 Å². The molecule has 0 saturated carbocycles. The van der Waals surface area contributed by atoms with Crippen LogP contribution in [0.1, 0.15) is 0 Å². The van der Waals surface area contributed by atoms with Crippen LogP contribution < -0.4 is 5.32 Å². The van der Waals surface area contributed by atoms with Gasteiger partial charge in [0.05, 0.1) is 0 Å². The normalized spacial score (nSPS) is 10.2. The first-order valence-corrected chi connectivity index (χ1v) is 4.40. The summed E-state index contributed by atoms with van der Waals surface area (Å²) in [5.74, 6) is -1.07. The van der Waals surface area contributed by atoms with Crippen LogP contribution in [0, 0.1) is 0 Å². The standard InChI is InChI=1S/C7H7NO3.W/c1-2-3-6(7(10)11)4-8-5-9;/h2-3,5H,1H2,(H,8,9)(H,10,11);/b6-3+;. The molecule has 0 rings (SSSR count). The third-order valence-corrected chi connectivity index (χ3v) is 2.16. The molecule has 0 atom stereocenters. The quantitative estimate of drug-likeness (QED) is 0.408. The van der Waals surface area contributed by atoms with Gasteiger partial charge in [0.15, 0.2) is 0 Å². The van der Waals surface area contributed by atoms with E-state index in [0.29, 0.717) is 10.4 Å². The number of hydrogen-bond donors (Lipinski definition) is 2. The molecule has 0 radical (unpaired) electrons. The molecule has 0 spiro atoms. The Balaban J connectivity index is 4.63. The zero-order valence-electron chi connectivity index (χ0n) is 6.11. The van der Waals surface area contributed by atoms with Crippen molar-refractivity contribution < 1.29 is 34.0 Å². The van der Waals surface area contributed by atoms with Gasteiger partial charge in [-0.2, -0.15) is 0 Å². The summed E-state index contributed by atoms with van der Waals surface area (Å²) in [7, 11) is 0. The molecule has 0 aliphatic carbocycles. The number of allylic oxidation sites excluding steroid dienone is 2.